The Morgan fingerprint density at radius 2 is 2.12 bits per heavy atom. The summed E-state index contributed by atoms with van der Waals surface area (Å²) in [5.74, 6) is 2.11. The molecule has 3 rings (SSSR count). The fourth-order valence-corrected chi connectivity index (χ4v) is 3.90. The number of aromatic nitrogens is 4. The standard InChI is InChI=1S/C16H24N6OS/c1-9(2)14(15-21-20-13-6-5-7-22(13)15)19-16(23)17-8-12-10(3)18-11(4)24-12/h9,14H,5-8H2,1-4H3,(H2,17,19,23)/t14-/m1/s1. The second-order valence-electron chi connectivity index (χ2n) is 6.52. The number of rotatable bonds is 5. The second kappa shape index (κ2) is 6.88. The zero-order chi connectivity index (χ0) is 17.3. The maximum absolute atomic E-state index is 12.3. The van der Waals surface area contributed by atoms with Crippen molar-refractivity contribution < 1.29 is 4.79 Å². The van der Waals surface area contributed by atoms with Crippen molar-refractivity contribution in [3.8, 4) is 0 Å². The van der Waals surface area contributed by atoms with Crippen molar-refractivity contribution >= 4 is 17.4 Å². The molecule has 130 valence electrons. The minimum absolute atomic E-state index is 0.145. The predicted octanol–water partition coefficient (Wildman–Crippen LogP) is 2.49. The fourth-order valence-electron chi connectivity index (χ4n) is 3.02. The van der Waals surface area contributed by atoms with Gasteiger partial charge in [-0.25, -0.2) is 9.78 Å². The van der Waals surface area contributed by atoms with E-state index in [1.165, 1.54) is 0 Å². The van der Waals surface area contributed by atoms with Crippen molar-refractivity contribution in [1.82, 2.24) is 30.4 Å². The van der Waals surface area contributed by atoms with Crippen LogP contribution in [0.2, 0.25) is 0 Å². The highest BCUT2D eigenvalue weighted by molar-refractivity contribution is 7.11. The molecule has 2 amide bonds. The highest BCUT2D eigenvalue weighted by atomic mass is 32.1. The number of hydrogen-bond donors (Lipinski definition) is 2. The van der Waals surface area contributed by atoms with E-state index in [9.17, 15) is 4.79 Å². The van der Waals surface area contributed by atoms with Crippen LogP contribution in [0.1, 0.15) is 53.5 Å². The number of amides is 2. The first-order chi connectivity index (χ1) is 11.5. The van der Waals surface area contributed by atoms with Gasteiger partial charge >= 0.3 is 6.03 Å². The molecule has 7 nitrogen and oxygen atoms in total. The van der Waals surface area contributed by atoms with Crippen LogP contribution in [-0.4, -0.2) is 25.8 Å². The van der Waals surface area contributed by atoms with E-state index in [-0.39, 0.29) is 18.0 Å². The van der Waals surface area contributed by atoms with Crippen molar-refractivity contribution in [3.63, 3.8) is 0 Å². The molecule has 1 atom stereocenters. The molecule has 2 aromatic rings. The largest absolute Gasteiger partial charge is 0.333 e. The molecular weight excluding hydrogens is 324 g/mol. The number of fused-ring (bicyclic) bond motifs is 1. The summed E-state index contributed by atoms with van der Waals surface area (Å²) in [6.45, 7) is 9.53. The minimum atomic E-state index is -0.186. The number of nitrogens with zero attached hydrogens (tertiary/aromatic N) is 4. The zero-order valence-corrected chi connectivity index (χ0v) is 15.4. The first-order valence-electron chi connectivity index (χ1n) is 8.35. The molecule has 3 heterocycles. The quantitative estimate of drug-likeness (QED) is 0.869. The van der Waals surface area contributed by atoms with Gasteiger partial charge in [0, 0.05) is 17.8 Å². The van der Waals surface area contributed by atoms with E-state index >= 15 is 0 Å². The van der Waals surface area contributed by atoms with Crippen molar-refractivity contribution in [1.29, 1.82) is 0 Å². The minimum Gasteiger partial charge on any atom is -0.333 e. The molecule has 0 spiro atoms. The molecule has 8 heteroatoms. The number of carbonyl (C=O) groups excluding carboxylic acids is 1. The molecule has 1 aliphatic heterocycles. The highest BCUT2D eigenvalue weighted by Gasteiger charge is 2.27. The van der Waals surface area contributed by atoms with Gasteiger partial charge in [-0.15, -0.1) is 21.5 Å². The molecule has 2 N–H and O–H groups in total. The van der Waals surface area contributed by atoms with E-state index < -0.39 is 0 Å². The van der Waals surface area contributed by atoms with Crippen LogP contribution in [-0.2, 0) is 19.5 Å². The third-order valence-corrected chi connectivity index (χ3v) is 5.35. The molecule has 0 aromatic carbocycles. The lowest BCUT2D eigenvalue weighted by Crippen LogP contribution is -2.40. The van der Waals surface area contributed by atoms with Crippen molar-refractivity contribution in [2.75, 3.05) is 0 Å². The van der Waals surface area contributed by atoms with Gasteiger partial charge in [0.2, 0.25) is 0 Å². The third kappa shape index (κ3) is 3.43. The molecule has 0 saturated heterocycles. The van der Waals surface area contributed by atoms with Gasteiger partial charge in [0.25, 0.3) is 0 Å². The number of urea groups is 1. The van der Waals surface area contributed by atoms with Gasteiger partial charge in [-0.2, -0.15) is 0 Å². The molecule has 0 bridgehead atoms. The van der Waals surface area contributed by atoms with Gasteiger partial charge in [-0.1, -0.05) is 13.8 Å². The maximum Gasteiger partial charge on any atom is 0.315 e. The smallest absolute Gasteiger partial charge is 0.315 e. The Kier molecular flexibility index (Phi) is 4.84. The number of hydrogen-bond acceptors (Lipinski definition) is 5. The average Bonchev–Trinajstić information content (AvgIpc) is 3.18. The summed E-state index contributed by atoms with van der Waals surface area (Å²) < 4.78 is 2.14. The van der Waals surface area contributed by atoms with Gasteiger partial charge in [-0.3, -0.25) is 0 Å². The first kappa shape index (κ1) is 16.9. The zero-order valence-electron chi connectivity index (χ0n) is 14.6. The summed E-state index contributed by atoms with van der Waals surface area (Å²) in [5.41, 5.74) is 0.980. The molecule has 0 aliphatic carbocycles. The van der Waals surface area contributed by atoms with Crippen molar-refractivity contribution in [2.45, 2.75) is 59.7 Å². The van der Waals surface area contributed by atoms with Crippen molar-refractivity contribution in [3.05, 3.63) is 27.2 Å². The Morgan fingerprint density at radius 1 is 1.33 bits per heavy atom. The summed E-state index contributed by atoms with van der Waals surface area (Å²) in [7, 11) is 0. The summed E-state index contributed by atoms with van der Waals surface area (Å²) in [5, 5.41) is 15.6. The van der Waals surface area contributed by atoms with Gasteiger partial charge in [0.15, 0.2) is 5.82 Å². The van der Waals surface area contributed by atoms with Gasteiger partial charge in [0.05, 0.1) is 23.3 Å². The molecule has 0 radical (unpaired) electrons. The molecular formula is C16H24N6OS. The van der Waals surface area contributed by atoms with Crippen molar-refractivity contribution in [2.24, 2.45) is 5.92 Å². The topological polar surface area (TPSA) is 84.7 Å². The van der Waals surface area contributed by atoms with E-state index in [0.29, 0.717) is 6.54 Å². The number of aryl methyl sites for hydroxylation is 3. The van der Waals surface area contributed by atoms with Crippen LogP contribution in [0.4, 0.5) is 4.79 Å². The van der Waals surface area contributed by atoms with Crippen LogP contribution in [0.3, 0.4) is 0 Å². The van der Waals surface area contributed by atoms with Crippen LogP contribution >= 0.6 is 11.3 Å². The number of carbonyl (C=O) groups is 1. The lowest BCUT2D eigenvalue weighted by molar-refractivity contribution is 0.231. The molecule has 0 unspecified atom stereocenters. The summed E-state index contributed by atoms with van der Waals surface area (Å²) in [6.07, 6.45) is 2.06. The maximum atomic E-state index is 12.3. The summed E-state index contributed by atoms with van der Waals surface area (Å²) in [6, 6.07) is -0.330. The Morgan fingerprint density at radius 3 is 2.79 bits per heavy atom. The Balaban J connectivity index is 1.65. The van der Waals surface area contributed by atoms with Crippen LogP contribution in [0, 0.1) is 19.8 Å². The first-order valence-corrected chi connectivity index (χ1v) is 9.16. The van der Waals surface area contributed by atoms with E-state index in [0.717, 1.165) is 46.6 Å². The fraction of sp³-hybridized carbons (Fsp3) is 0.625. The highest BCUT2D eigenvalue weighted by Crippen LogP contribution is 2.24. The monoisotopic (exact) mass is 348 g/mol. The number of thiazole rings is 1. The summed E-state index contributed by atoms with van der Waals surface area (Å²) >= 11 is 1.62. The van der Waals surface area contributed by atoms with Crippen LogP contribution in [0.15, 0.2) is 0 Å². The van der Waals surface area contributed by atoms with Gasteiger partial charge < -0.3 is 15.2 Å². The molecule has 1 aliphatic rings. The molecule has 2 aromatic heterocycles. The van der Waals surface area contributed by atoms with E-state index in [1.807, 2.05) is 13.8 Å². The van der Waals surface area contributed by atoms with E-state index in [1.54, 1.807) is 11.3 Å². The normalized spacial score (nSPS) is 14.7. The predicted molar refractivity (Wildman–Crippen MR) is 92.9 cm³/mol. The lowest BCUT2D eigenvalue weighted by atomic mass is 10.0. The Hall–Kier alpha value is -1.96. The van der Waals surface area contributed by atoms with Crippen LogP contribution < -0.4 is 10.6 Å². The molecule has 0 fully saturated rings. The molecule has 24 heavy (non-hydrogen) atoms. The lowest BCUT2D eigenvalue weighted by Gasteiger charge is -2.22. The second-order valence-corrected chi connectivity index (χ2v) is 7.81. The van der Waals surface area contributed by atoms with E-state index in [4.69, 9.17) is 0 Å². The third-order valence-electron chi connectivity index (χ3n) is 4.28. The average molecular weight is 348 g/mol. The van der Waals surface area contributed by atoms with Gasteiger partial charge in [0.1, 0.15) is 5.82 Å². The summed E-state index contributed by atoms with van der Waals surface area (Å²) in [4.78, 5) is 17.8. The SMILES string of the molecule is Cc1nc(C)c(CNC(=O)N[C@@H](c2nnc3n2CCC3)C(C)C)s1. The van der Waals surface area contributed by atoms with Crippen LogP contribution in [0.5, 0.6) is 0 Å². The number of nitrogens with one attached hydrogen (secondary N) is 2. The Labute approximate surface area is 145 Å². The van der Waals surface area contributed by atoms with Gasteiger partial charge in [-0.05, 0) is 26.2 Å². The molecule has 0 saturated carbocycles. The van der Waals surface area contributed by atoms with E-state index in [2.05, 4.69) is 44.2 Å². The van der Waals surface area contributed by atoms with Crippen LogP contribution in [0.25, 0.3) is 0 Å². The Bertz CT molecular complexity index is 735.